The summed E-state index contributed by atoms with van der Waals surface area (Å²) in [4.78, 5) is 38.5. The fourth-order valence-corrected chi connectivity index (χ4v) is 3.44. The van der Waals surface area contributed by atoms with Gasteiger partial charge in [0.05, 0.1) is 6.61 Å². The number of nitrogens with zero attached hydrogens (tertiary/aromatic N) is 1. The number of esters is 1. The topological polar surface area (TPSA) is 75.7 Å². The van der Waals surface area contributed by atoms with Gasteiger partial charge >= 0.3 is 12.0 Å². The van der Waals surface area contributed by atoms with Crippen LogP contribution in [0.15, 0.2) is 54.6 Å². The van der Waals surface area contributed by atoms with Gasteiger partial charge < -0.3 is 10.1 Å². The van der Waals surface area contributed by atoms with Gasteiger partial charge in [-0.2, -0.15) is 0 Å². The van der Waals surface area contributed by atoms with Crippen LogP contribution < -0.4 is 5.32 Å². The zero-order valence-corrected chi connectivity index (χ0v) is 17.9. The van der Waals surface area contributed by atoms with Crippen LogP contribution in [0, 0.1) is 0 Å². The van der Waals surface area contributed by atoms with E-state index in [2.05, 4.69) is 26.1 Å². The summed E-state index contributed by atoms with van der Waals surface area (Å²) in [6, 6.07) is 16.7. The lowest BCUT2D eigenvalue weighted by Crippen LogP contribution is -2.41. The summed E-state index contributed by atoms with van der Waals surface area (Å²) in [6.07, 6.45) is 0.574. The molecule has 30 heavy (non-hydrogen) atoms. The Bertz CT molecular complexity index is 932. The number of hydrogen-bond acceptors (Lipinski definition) is 4. The van der Waals surface area contributed by atoms with E-state index in [0.717, 1.165) is 16.0 Å². The highest BCUT2D eigenvalue weighted by Gasteiger charge is 2.49. The second-order valence-corrected chi connectivity index (χ2v) is 8.73. The van der Waals surface area contributed by atoms with Crippen molar-refractivity contribution >= 4 is 17.9 Å². The summed E-state index contributed by atoms with van der Waals surface area (Å²) in [5.41, 5.74) is 1.63. The summed E-state index contributed by atoms with van der Waals surface area (Å²) in [5.74, 6) is -1.07. The van der Waals surface area contributed by atoms with Crippen molar-refractivity contribution in [2.75, 3.05) is 13.2 Å². The van der Waals surface area contributed by atoms with E-state index in [9.17, 15) is 14.4 Å². The molecular weight excluding hydrogens is 380 g/mol. The molecule has 0 spiro atoms. The second kappa shape index (κ2) is 8.30. The molecule has 2 aromatic carbocycles. The zero-order chi connectivity index (χ0) is 21.9. The van der Waals surface area contributed by atoms with E-state index in [0.29, 0.717) is 12.0 Å². The highest BCUT2D eigenvalue weighted by molar-refractivity contribution is 6.08. The van der Waals surface area contributed by atoms with Crippen molar-refractivity contribution in [1.29, 1.82) is 0 Å². The van der Waals surface area contributed by atoms with Crippen LogP contribution in [0.3, 0.4) is 0 Å². The van der Waals surface area contributed by atoms with Crippen LogP contribution in [0.5, 0.6) is 0 Å². The molecule has 6 nitrogen and oxygen atoms in total. The van der Waals surface area contributed by atoms with Crippen LogP contribution in [-0.2, 0) is 31.7 Å². The monoisotopic (exact) mass is 408 g/mol. The van der Waals surface area contributed by atoms with Gasteiger partial charge in [0.15, 0.2) is 0 Å². The van der Waals surface area contributed by atoms with Crippen molar-refractivity contribution in [2.45, 2.75) is 45.1 Å². The summed E-state index contributed by atoms with van der Waals surface area (Å²) in [6.45, 7) is 7.76. The van der Waals surface area contributed by atoms with E-state index >= 15 is 0 Å². The van der Waals surface area contributed by atoms with E-state index in [4.69, 9.17) is 4.74 Å². The Hall–Kier alpha value is -3.15. The first-order valence-corrected chi connectivity index (χ1v) is 10.1. The third-order valence-corrected chi connectivity index (χ3v) is 5.39. The first-order chi connectivity index (χ1) is 14.1. The molecule has 158 valence electrons. The van der Waals surface area contributed by atoms with Crippen LogP contribution in [0.25, 0.3) is 0 Å². The Kier molecular flexibility index (Phi) is 5.97. The van der Waals surface area contributed by atoms with Gasteiger partial charge in [-0.3, -0.25) is 14.5 Å². The number of amides is 3. The van der Waals surface area contributed by atoms with Gasteiger partial charge in [-0.05, 0) is 29.0 Å². The molecule has 0 aromatic heterocycles. The van der Waals surface area contributed by atoms with E-state index in [1.54, 1.807) is 6.92 Å². The third kappa shape index (κ3) is 4.53. The largest absolute Gasteiger partial charge is 0.464 e. The summed E-state index contributed by atoms with van der Waals surface area (Å²) < 4.78 is 5.22. The molecule has 0 bridgehead atoms. The number of ether oxygens (including phenoxy) is 1. The Morgan fingerprint density at radius 1 is 1.03 bits per heavy atom. The fourth-order valence-electron chi connectivity index (χ4n) is 3.44. The van der Waals surface area contributed by atoms with Crippen molar-refractivity contribution in [3.8, 4) is 0 Å². The quantitative estimate of drug-likeness (QED) is 0.586. The lowest BCUT2D eigenvalue weighted by Gasteiger charge is -2.24. The maximum Gasteiger partial charge on any atom is 0.326 e. The van der Waals surface area contributed by atoms with Gasteiger partial charge in [0.1, 0.15) is 12.1 Å². The Labute approximate surface area is 177 Å². The summed E-state index contributed by atoms with van der Waals surface area (Å²) in [7, 11) is 0. The average Bonchev–Trinajstić information content (AvgIpc) is 2.92. The molecule has 1 atom stereocenters. The smallest absolute Gasteiger partial charge is 0.326 e. The second-order valence-electron chi connectivity index (χ2n) is 8.73. The molecule has 1 heterocycles. The average molecular weight is 408 g/mol. The first-order valence-electron chi connectivity index (χ1n) is 10.1. The molecule has 1 unspecified atom stereocenters. The van der Waals surface area contributed by atoms with Crippen LogP contribution in [0.4, 0.5) is 4.79 Å². The zero-order valence-electron chi connectivity index (χ0n) is 17.9. The maximum absolute atomic E-state index is 13.0. The number of imide groups is 1. The van der Waals surface area contributed by atoms with E-state index < -0.39 is 30.0 Å². The van der Waals surface area contributed by atoms with Gasteiger partial charge in [0, 0.05) is 6.42 Å². The standard InChI is InChI=1S/C24H28N2O4/c1-23(2,3)18-10-12-19(13-11-18)24(4)21(28)26(22(29)25-24)16-20(27)30-15-14-17-8-6-5-7-9-17/h5-13H,14-16H2,1-4H3,(H,25,29). The van der Waals surface area contributed by atoms with Gasteiger partial charge in [-0.15, -0.1) is 0 Å². The molecule has 1 fully saturated rings. The molecule has 3 amide bonds. The van der Waals surface area contributed by atoms with E-state index in [1.165, 1.54) is 0 Å². The Morgan fingerprint density at radius 2 is 1.67 bits per heavy atom. The molecule has 1 N–H and O–H groups in total. The number of benzene rings is 2. The van der Waals surface area contributed by atoms with Gasteiger partial charge in [-0.25, -0.2) is 4.79 Å². The molecule has 1 aliphatic rings. The van der Waals surface area contributed by atoms with Crippen molar-refractivity contribution < 1.29 is 19.1 Å². The number of hydrogen-bond donors (Lipinski definition) is 1. The molecule has 2 aromatic rings. The highest BCUT2D eigenvalue weighted by atomic mass is 16.5. The maximum atomic E-state index is 13.0. The van der Waals surface area contributed by atoms with Gasteiger partial charge in [0.25, 0.3) is 5.91 Å². The number of carbonyl (C=O) groups is 3. The number of urea groups is 1. The van der Waals surface area contributed by atoms with Gasteiger partial charge in [-0.1, -0.05) is 75.4 Å². The van der Waals surface area contributed by atoms with Crippen LogP contribution in [-0.4, -0.2) is 36.0 Å². The molecule has 1 saturated heterocycles. The van der Waals surface area contributed by atoms with Crippen molar-refractivity contribution in [3.05, 3.63) is 71.3 Å². The minimum atomic E-state index is -1.21. The minimum absolute atomic E-state index is 0.0160. The number of rotatable bonds is 6. The summed E-state index contributed by atoms with van der Waals surface area (Å²) >= 11 is 0. The Balaban J connectivity index is 1.63. The molecule has 0 saturated carbocycles. The SMILES string of the molecule is CC(C)(C)c1ccc(C2(C)NC(=O)N(CC(=O)OCCc3ccccc3)C2=O)cc1. The first kappa shape index (κ1) is 21.6. The van der Waals surface area contributed by atoms with E-state index in [1.807, 2.05) is 54.6 Å². The molecule has 0 aliphatic carbocycles. The number of carbonyl (C=O) groups excluding carboxylic acids is 3. The van der Waals surface area contributed by atoms with Crippen molar-refractivity contribution in [2.24, 2.45) is 0 Å². The van der Waals surface area contributed by atoms with Gasteiger partial charge in [0.2, 0.25) is 0 Å². The molecule has 0 radical (unpaired) electrons. The van der Waals surface area contributed by atoms with Crippen LogP contribution >= 0.6 is 0 Å². The summed E-state index contributed by atoms with van der Waals surface area (Å²) in [5, 5.41) is 2.72. The third-order valence-electron chi connectivity index (χ3n) is 5.39. The van der Waals surface area contributed by atoms with Crippen LogP contribution in [0.2, 0.25) is 0 Å². The van der Waals surface area contributed by atoms with Crippen LogP contribution in [0.1, 0.15) is 44.4 Å². The lowest BCUT2D eigenvalue weighted by molar-refractivity contribution is -0.147. The predicted molar refractivity (Wildman–Crippen MR) is 114 cm³/mol. The highest BCUT2D eigenvalue weighted by Crippen LogP contribution is 2.31. The van der Waals surface area contributed by atoms with Crippen molar-refractivity contribution in [3.63, 3.8) is 0 Å². The molecule has 3 rings (SSSR count). The van der Waals surface area contributed by atoms with E-state index in [-0.39, 0.29) is 12.0 Å². The lowest BCUT2D eigenvalue weighted by atomic mass is 9.84. The van der Waals surface area contributed by atoms with Crippen molar-refractivity contribution in [1.82, 2.24) is 10.2 Å². The molecule has 6 heteroatoms. The normalized spacial score (nSPS) is 19.0. The molecule has 1 aliphatic heterocycles. The Morgan fingerprint density at radius 3 is 2.27 bits per heavy atom. The fraction of sp³-hybridized carbons (Fsp3) is 0.375. The minimum Gasteiger partial charge on any atom is -0.464 e. The molecular formula is C24H28N2O4. The number of nitrogens with one attached hydrogen (secondary N) is 1. The predicted octanol–water partition coefficient (Wildman–Crippen LogP) is 3.54.